The molecular formula is C23H26BN5O8. The lowest BCUT2D eigenvalue weighted by molar-refractivity contribution is -0.166. The van der Waals surface area contributed by atoms with Crippen molar-refractivity contribution in [1.82, 2.24) is 25.4 Å². The standard InChI is InChI=1S/C23H26BN5O8/c1-2-28-10-11-29(21(32)20(28)31)23(35)27-17(15-8-3-4-9-25-15)19(30)26-16-12-13-6-5-7-14(22(33)34)18(13)37-24(16)36/h3-9,16-17,23,27,35-36H,2,10-12H2,1H3,(H,26,30)(H,33,34)/t16-,17?,23?/m0/s1. The molecule has 0 aliphatic carbocycles. The number of para-hydroxylation sites is 1. The number of fused-ring (bicyclic) bond motifs is 1. The number of aliphatic hydroxyl groups is 1. The summed E-state index contributed by atoms with van der Waals surface area (Å²) in [7, 11) is -1.55. The first kappa shape index (κ1) is 26.1. The van der Waals surface area contributed by atoms with E-state index in [0.717, 1.165) is 4.90 Å². The molecule has 2 aliphatic heterocycles. The molecule has 0 bridgehead atoms. The highest BCUT2D eigenvalue weighted by atomic mass is 16.5. The van der Waals surface area contributed by atoms with Crippen LogP contribution in [0.1, 0.15) is 34.6 Å². The van der Waals surface area contributed by atoms with Crippen LogP contribution in [-0.2, 0) is 20.8 Å². The molecule has 0 radical (unpaired) electrons. The topological polar surface area (TPSA) is 182 Å². The third-order valence-corrected chi connectivity index (χ3v) is 6.26. The van der Waals surface area contributed by atoms with Gasteiger partial charge in [0.2, 0.25) is 5.91 Å². The van der Waals surface area contributed by atoms with E-state index in [4.69, 9.17) is 4.65 Å². The number of pyridine rings is 1. The Balaban J connectivity index is 1.52. The minimum Gasteiger partial charge on any atom is -0.534 e. The Labute approximate surface area is 212 Å². The SMILES string of the molecule is CCN1CCN(C(O)NC(C(=O)N[C@H]2Cc3cccc(C(=O)O)c3OB2O)c2ccccn2)C(=O)C1=O. The second-order valence-corrected chi connectivity index (χ2v) is 8.54. The van der Waals surface area contributed by atoms with Crippen LogP contribution in [0.5, 0.6) is 5.75 Å². The number of hydrogen-bond donors (Lipinski definition) is 5. The smallest absolute Gasteiger partial charge is 0.534 e. The average Bonchev–Trinajstić information content (AvgIpc) is 2.89. The van der Waals surface area contributed by atoms with Crippen LogP contribution in [0.2, 0.25) is 0 Å². The summed E-state index contributed by atoms with van der Waals surface area (Å²) < 4.78 is 5.43. The molecule has 1 aromatic heterocycles. The van der Waals surface area contributed by atoms with Crippen LogP contribution in [0.15, 0.2) is 42.6 Å². The first-order valence-corrected chi connectivity index (χ1v) is 11.7. The second kappa shape index (κ2) is 10.9. The molecule has 4 rings (SSSR count). The summed E-state index contributed by atoms with van der Waals surface area (Å²) in [6, 6.07) is 8.04. The predicted octanol–water partition coefficient (Wildman–Crippen LogP) is -1.48. The van der Waals surface area contributed by atoms with E-state index in [9.17, 15) is 34.4 Å². The van der Waals surface area contributed by atoms with E-state index in [1.807, 2.05) is 0 Å². The Bertz CT molecular complexity index is 1200. The van der Waals surface area contributed by atoms with Gasteiger partial charge in [-0.05, 0) is 37.1 Å². The van der Waals surface area contributed by atoms with E-state index in [0.29, 0.717) is 12.1 Å². The highest BCUT2D eigenvalue weighted by Gasteiger charge is 2.41. The first-order chi connectivity index (χ1) is 17.7. The van der Waals surface area contributed by atoms with E-state index < -0.39 is 49.1 Å². The van der Waals surface area contributed by atoms with Gasteiger partial charge in [0, 0.05) is 25.8 Å². The van der Waals surface area contributed by atoms with Gasteiger partial charge in [-0.1, -0.05) is 18.2 Å². The Hall–Kier alpha value is -4.01. The molecular weight excluding hydrogens is 485 g/mol. The molecule has 2 unspecified atom stereocenters. The monoisotopic (exact) mass is 511 g/mol. The highest BCUT2D eigenvalue weighted by Crippen LogP contribution is 2.30. The zero-order valence-corrected chi connectivity index (χ0v) is 19.9. The van der Waals surface area contributed by atoms with Crippen molar-refractivity contribution in [3.05, 3.63) is 59.4 Å². The van der Waals surface area contributed by atoms with Crippen LogP contribution in [0.3, 0.4) is 0 Å². The molecule has 3 heterocycles. The lowest BCUT2D eigenvalue weighted by Crippen LogP contribution is -2.62. The minimum absolute atomic E-state index is 0.0252. The van der Waals surface area contributed by atoms with Gasteiger partial charge in [-0.25, -0.2) is 4.79 Å². The molecule has 0 saturated carbocycles. The van der Waals surface area contributed by atoms with Gasteiger partial charge >= 0.3 is 24.9 Å². The number of nitrogens with one attached hydrogen (secondary N) is 2. The second-order valence-electron chi connectivity index (χ2n) is 8.54. The molecule has 3 amide bonds. The largest absolute Gasteiger partial charge is 0.547 e. The van der Waals surface area contributed by atoms with Crippen molar-refractivity contribution < 1.29 is 39.1 Å². The van der Waals surface area contributed by atoms with Crippen LogP contribution < -0.4 is 15.3 Å². The number of aliphatic hydroxyl groups excluding tert-OH is 1. The molecule has 3 atom stereocenters. The maximum Gasteiger partial charge on any atom is 0.547 e. The molecule has 2 aromatic rings. The third-order valence-electron chi connectivity index (χ3n) is 6.26. The highest BCUT2D eigenvalue weighted by molar-refractivity contribution is 6.47. The summed E-state index contributed by atoms with van der Waals surface area (Å²) in [5, 5.41) is 35.9. The lowest BCUT2D eigenvalue weighted by atomic mass is 9.72. The minimum atomic E-state index is -1.68. The van der Waals surface area contributed by atoms with E-state index in [1.165, 1.54) is 29.3 Å². The zero-order chi connectivity index (χ0) is 26.7. The number of rotatable bonds is 8. The molecule has 1 fully saturated rings. The van der Waals surface area contributed by atoms with Crippen LogP contribution in [-0.4, -0.2) is 92.8 Å². The Morgan fingerprint density at radius 1 is 1.19 bits per heavy atom. The molecule has 1 saturated heterocycles. The molecule has 14 heteroatoms. The number of carboxylic acids is 1. The molecule has 194 valence electrons. The first-order valence-electron chi connectivity index (χ1n) is 11.7. The number of nitrogens with zero attached hydrogens (tertiary/aromatic N) is 3. The van der Waals surface area contributed by atoms with Crippen molar-refractivity contribution in [3.63, 3.8) is 0 Å². The van der Waals surface area contributed by atoms with Gasteiger partial charge in [0.25, 0.3) is 0 Å². The number of carboxylic acid groups (broad SMARTS) is 1. The summed E-state index contributed by atoms with van der Waals surface area (Å²) in [6.07, 6.45) is -0.160. The number of aromatic carboxylic acids is 1. The van der Waals surface area contributed by atoms with Gasteiger partial charge in [-0.3, -0.25) is 29.6 Å². The van der Waals surface area contributed by atoms with Gasteiger partial charge in [-0.15, -0.1) is 0 Å². The summed E-state index contributed by atoms with van der Waals surface area (Å²) in [6.45, 7) is 2.37. The lowest BCUT2D eigenvalue weighted by Gasteiger charge is -2.37. The van der Waals surface area contributed by atoms with Crippen molar-refractivity contribution in [3.8, 4) is 5.75 Å². The summed E-state index contributed by atoms with van der Waals surface area (Å²) in [4.78, 5) is 56.0. The van der Waals surface area contributed by atoms with Crippen molar-refractivity contribution >= 4 is 30.8 Å². The van der Waals surface area contributed by atoms with Gasteiger partial charge < -0.3 is 30.1 Å². The Kier molecular flexibility index (Phi) is 7.71. The van der Waals surface area contributed by atoms with Gasteiger partial charge in [0.1, 0.15) is 11.8 Å². The van der Waals surface area contributed by atoms with Gasteiger partial charge in [0.05, 0.1) is 17.2 Å². The van der Waals surface area contributed by atoms with E-state index in [1.54, 1.807) is 25.1 Å². The number of aromatic nitrogens is 1. The summed E-state index contributed by atoms with van der Waals surface area (Å²) >= 11 is 0. The quantitative estimate of drug-likeness (QED) is 0.159. The summed E-state index contributed by atoms with van der Waals surface area (Å²) in [5.74, 6) is -4.50. The van der Waals surface area contributed by atoms with Crippen LogP contribution in [0.25, 0.3) is 0 Å². The number of likely N-dealkylation sites (N-methyl/N-ethyl adjacent to an activating group) is 1. The van der Waals surface area contributed by atoms with Gasteiger partial charge in [-0.2, -0.15) is 0 Å². The fraction of sp³-hybridized carbons (Fsp3) is 0.348. The molecule has 5 N–H and O–H groups in total. The zero-order valence-electron chi connectivity index (χ0n) is 19.9. The third kappa shape index (κ3) is 5.40. The van der Waals surface area contributed by atoms with E-state index in [-0.39, 0.29) is 36.5 Å². The van der Waals surface area contributed by atoms with Crippen molar-refractivity contribution in [1.29, 1.82) is 0 Å². The predicted molar refractivity (Wildman–Crippen MR) is 128 cm³/mol. The fourth-order valence-corrected chi connectivity index (χ4v) is 4.29. The van der Waals surface area contributed by atoms with Crippen molar-refractivity contribution in [2.75, 3.05) is 19.6 Å². The number of amides is 3. The van der Waals surface area contributed by atoms with Crippen molar-refractivity contribution in [2.45, 2.75) is 31.7 Å². The number of carbonyl (C=O) groups excluding carboxylic acids is 3. The van der Waals surface area contributed by atoms with Crippen LogP contribution in [0, 0.1) is 0 Å². The number of carbonyl (C=O) groups is 4. The normalized spacial score (nSPS) is 19.1. The average molecular weight is 511 g/mol. The van der Waals surface area contributed by atoms with E-state index in [2.05, 4.69) is 15.6 Å². The molecule has 0 spiro atoms. The number of hydrogen-bond acceptors (Lipinski definition) is 9. The summed E-state index contributed by atoms with van der Waals surface area (Å²) in [5.41, 5.74) is 0.584. The van der Waals surface area contributed by atoms with Crippen LogP contribution in [0.4, 0.5) is 0 Å². The van der Waals surface area contributed by atoms with E-state index >= 15 is 0 Å². The molecule has 2 aliphatic rings. The van der Waals surface area contributed by atoms with Gasteiger partial charge in [0.15, 0.2) is 6.35 Å². The Morgan fingerprint density at radius 2 is 1.97 bits per heavy atom. The maximum absolute atomic E-state index is 13.3. The Morgan fingerprint density at radius 3 is 2.65 bits per heavy atom. The maximum atomic E-state index is 13.3. The number of piperazine rings is 1. The van der Waals surface area contributed by atoms with Crippen molar-refractivity contribution in [2.24, 2.45) is 0 Å². The fourth-order valence-electron chi connectivity index (χ4n) is 4.29. The molecule has 37 heavy (non-hydrogen) atoms. The molecule has 13 nitrogen and oxygen atoms in total. The van der Waals surface area contributed by atoms with Crippen LogP contribution >= 0.6 is 0 Å². The molecule has 1 aromatic carbocycles. The number of benzene rings is 1.